The number of benzene rings is 1. The van der Waals surface area contributed by atoms with Crippen LogP contribution in [0, 0.1) is 0 Å². The van der Waals surface area contributed by atoms with E-state index in [0.717, 1.165) is 0 Å². The number of aliphatic carboxylic acids is 2. The van der Waals surface area contributed by atoms with Gasteiger partial charge in [0.1, 0.15) is 0 Å². The predicted octanol–water partition coefficient (Wildman–Crippen LogP) is 1.25. The molecule has 1 rings (SSSR count). The number of rotatable bonds is 5. The fourth-order valence-corrected chi connectivity index (χ4v) is 1.79. The molecule has 0 amide bonds. The molecular formula is C12H15LiO4. The molecule has 0 heterocycles. The van der Waals surface area contributed by atoms with Gasteiger partial charge in [0, 0.05) is 0 Å². The van der Waals surface area contributed by atoms with E-state index in [4.69, 9.17) is 0 Å². The summed E-state index contributed by atoms with van der Waals surface area (Å²) < 4.78 is 0. The summed E-state index contributed by atoms with van der Waals surface area (Å²) in [5.41, 5.74) is -1.51. The Morgan fingerprint density at radius 1 is 1.12 bits per heavy atom. The summed E-state index contributed by atoms with van der Waals surface area (Å²) >= 11 is 0. The van der Waals surface area contributed by atoms with Crippen LogP contribution in [0.5, 0.6) is 0 Å². The first-order valence-corrected chi connectivity index (χ1v) is 5.08. The van der Waals surface area contributed by atoms with Crippen LogP contribution in [-0.2, 0) is 15.0 Å². The van der Waals surface area contributed by atoms with E-state index in [9.17, 15) is 19.8 Å². The summed E-state index contributed by atoms with van der Waals surface area (Å²) in [5, 5.41) is 18.4. The molecule has 0 unspecified atom stereocenters. The van der Waals surface area contributed by atoms with Crippen LogP contribution >= 0.6 is 0 Å². The Morgan fingerprint density at radius 2 is 1.59 bits per heavy atom. The van der Waals surface area contributed by atoms with E-state index in [1.165, 1.54) is 12.1 Å². The molecule has 4 nitrogen and oxygen atoms in total. The summed E-state index contributed by atoms with van der Waals surface area (Å²) in [7, 11) is 0. The third-order valence-corrected chi connectivity index (χ3v) is 2.62. The van der Waals surface area contributed by atoms with Gasteiger partial charge in [0.2, 0.25) is 0 Å². The molecule has 0 spiro atoms. The van der Waals surface area contributed by atoms with Crippen molar-refractivity contribution in [1.29, 1.82) is 0 Å². The molecule has 0 atom stereocenters. The SMILES string of the molecule is CCCC(C(=O)O)(C(=O)O)c1ccccc1.[LiH]. The van der Waals surface area contributed by atoms with Gasteiger partial charge < -0.3 is 10.2 Å². The van der Waals surface area contributed by atoms with Gasteiger partial charge >= 0.3 is 30.8 Å². The topological polar surface area (TPSA) is 74.6 Å². The average molecular weight is 230 g/mol. The Kier molecular flexibility index (Phi) is 6.01. The molecule has 0 saturated carbocycles. The Morgan fingerprint density at radius 3 is 1.94 bits per heavy atom. The van der Waals surface area contributed by atoms with Gasteiger partial charge in [0.05, 0.1) is 0 Å². The summed E-state index contributed by atoms with van der Waals surface area (Å²) in [6.07, 6.45) is 0.579. The molecule has 0 bridgehead atoms. The molecule has 0 radical (unpaired) electrons. The maximum absolute atomic E-state index is 11.3. The molecule has 0 aliphatic heterocycles. The van der Waals surface area contributed by atoms with Crippen LogP contribution < -0.4 is 0 Å². The van der Waals surface area contributed by atoms with Crippen molar-refractivity contribution in [1.82, 2.24) is 0 Å². The van der Waals surface area contributed by atoms with E-state index in [0.29, 0.717) is 12.0 Å². The molecule has 0 aliphatic carbocycles. The van der Waals surface area contributed by atoms with Crippen LogP contribution in [0.1, 0.15) is 25.3 Å². The Bertz CT molecular complexity index is 375. The molecule has 0 aliphatic rings. The van der Waals surface area contributed by atoms with Gasteiger partial charge in [-0.3, -0.25) is 9.59 Å². The number of carboxylic acids is 2. The number of carboxylic acid groups (broad SMARTS) is 2. The van der Waals surface area contributed by atoms with Crippen molar-refractivity contribution in [2.45, 2.75) is 25.2 Å². The van der Waals surface area contributed by atoms with Gasteiger partial charge in [-0.2, -0.15) is 0 Å². The van der Waals surface area contributed by atoms with Gasteiger partial charge in [0.25, 0.3) is 0 Å². The van der Waals surface area contributed by atoms with Gasteiger partial charge in [-0.1, -0.05) is 43.7 Å². The Hall–Kier alpha value is -1.24. The Balaban J connectivity index is 0.00000256. The van der Waals surface area contributed by atoms with Crippen molar-refractivity contribution in [3.05, 3.63) is 35.9 Å². The van der Waals surface area contributed by atoms with E-state index in [1.807, 2.05) is 0 Å². The van der Waals surface area contributed by atoms with Crippen LogP contribution in [0.4, 0.5) is 0 Å². The second-order valence-electron chi connectivity index (χ2n) is 3.63. The number of hydrogen-bond donors (Lipinski definition) is 2. The molecule has 5 heteroatoms. The van der Waals surface area contributed by atoms with Gasteiger partial charge in [-0.15, -0.1) is 0 Å². The molecule has 0 aromatic heterocycles. The second-order valence-corrected chi connectivity index (χ2v) is 3.63. The van der Waals surface area contributed by atoms with Crippen LogP contribution in [0.15, 0.2) is 30.3 Å². The first-order valence-electron chi connectivity index (χ1n) is 5.08. The minimum atomic E-state index is -1.82. The van der Waals surface area contributed by atoms with E-state index >= 15 is 0 Å². The summed E-state index contributed by atoms with van der Waals surface area (Å²) in [6.45, 7) is 1.77. The zero-order chi connectivity index (χ0) is 12.2. The van der Waals surface area contributed by atoms with E-state index < -0.39 is 17.4 Å². The first-order chi connectivity index (χ1) is 7.55. The van der Waals surface area contributed by atoms with Crippen molar-refractivity contribution in [2.75, 3.05) is 0 Å². The zero-order valence-electron chi connectivity index (χ0n) is 9.01. The predicted molar refractivity (Wildman–Crippen MR) is 65.4 cm³/mol. The maximum atomic E-state index is 11.3. The van der Waals surface area contributed by atoms with Crippen molar-refractivity contribution in [2.24, 2.45) is 0 Å². The summed E-state index contributed by atoms with van der Waals surface area (Å²) in [4.78, 5) is 22.5. The van der Waals surface area contributed by atoms with Crippen molar-refractivity contribution >= 4 is 30.8 Å². The Labute approximate surface area is 112 Å². The van der Waals surface area contributed by atoms with Gasteiger partial charge in [-0.25, -0.2) is 0 Å². The van der Waals surface area contributed by atoms with Crippen LogP contribution in [0.2, 0.25) is 0 Å². The fourth-order valence-electron chi connectivity index (χ4n) is 1.79. The molecule has 88 valence electrons. The van der Waals surface area contributed by atoms with E-state index in [2.05, 4.69) is 0 Å². The van der Waals surface area contributed by atoms with Crippen LogP contribution in [-0.4, -0.2) is 41.0 Å². The summed E-state index contributed by atoms with van der Waals surface area (Å²) in [5.74, 6) is -2.62. The van der Waals surface area contributed by atoms with Crippen molar-refractivity contribution < 1.29 is 19.8 Å². The number of carbonyl (C=O) groups is 2. The van der Waals surface area contributed by atoms with E-state index in [1.54, 1.807) is 25.1 Å². The summed E-state index contributed by atoms with van der Waals surface area (Å²) in [6, 6.07) is 8.09. The quantitative estimate of drug-likeness (QED) is 0.589. The molecule has 17 heavy (non-hydrogen) atoms. The normalized spacial score (nSPS) is 10.4. The third kappa shape index (κ3) is 2.90. The molecule has 0 fully saturated rings. The monoisotopic (exact) mass is 230 g/mol. The molecule has 0 saturated heterocycles. The zero-order valence-corrected chi connectivity index (χ0v) is 9.01. The van der Waals surface area contributed by atoms with Crippen LogP contribution in [0.3, 0.4) is 0 Å². The third-order valence-electron chi connectivity index (χ3n) is 2.62. The van der Waals surface area contributed by atoms with Gasteiger partial charge in [-0.05, 0) is 12.0 Å². The standard InChI is InChI=1S/C12H14O4.Li.H/c1-2-8-12(10(13)14,11(15)16)9-6-4-3-5-7-9;;/h3-7H,2,8H2,1H3,(H,13,14)(H,15,16);;. The average Bonchev–Trinajstić information content (AvgIpc) is 2.26. The molecular weight excluding hydrogens is 215 g/mol. The second kappa shape index (κ2) is 6.48. The van der Waals surface area contributed by atoms with Crippen molar-refractivity contribution in [3.63, 3.8) is 0 Å². The fraction of sp³-hybridized carbons (Fsp3) is 0.333. The van der Waals surface area contributed by atoms with E-state index in [-0.39, 0.29) is 25.3 Å². The molecule has 2 N–H and O–H groups in total. The van der Waals surface area contributed by atoms with Crippen LogP contribution in [0.25, 0.3) is 0 Å². The minimum absolute atomic E-state index is 0. The number of hydrogen-bond acceptors (Lipinski definition) is 2. The van der Waals surface area contributed by atoms with Gasteiger partial charge in [0.15, 0.2) is 5.41 Å². The van der Waals surface area contributed by atoms with Crippen molar-refractivity contribution in [3.8, 4) is 0 Å². The first kappa shape index (κ1) is 15.8. The molecule has 1 aromatic carbocycles. The molecule has 1 aromatic rings.